The highest BCUT2D eigenvalue weighted by molar-refractivity contribution is 6.44. The van der Waals surface area contributed by atoms with E-state index in [1.54, 1.807) is 36.4 Å². The number of aliphatic imine (C=N–C) groups is 2. The van der Waals surface area contributed by atoms with E-state index >= 15 is 0 Å². The smallest absolute Gasteiger partial charge is 0.0848 e. The van der Waals surface area contributed by atoms with E-state index in [0.29, 0.717) is 31.5 Å². The standard InChI is InChI=1S/C14H8Cl4N2/c15-9-3-1-5-11(13(9)17)19-7-8-20-12-6-2-4-10(16)14(12)18/h1-8H. The van der Waals surface area contributed by atoms with Crippen molar-refractivity contribution in [2.75, 3.05) is 0 Å². The molecule has 0 aromatic heterocycles. The highest BCUT2D eigenvalue weighted by Crippen LogP contribution is 2.32. The first-order valence-corrected chi connectivity index (χ1v) is 7.05. The molecule has 2 aromatic rings. The monoisotopic (exact) mass is 344 g/mol. The number of halogens is 4. The van der Waals surface area contributed by atoms with Crippen LogP contribution >= 0.6 is 46.4 Å². The third-order valence-corrected chi connectivity index (χ3v) is 3.97. The number of hydrogen-bond donors (Lipinski definition) is 0. The Labute approximate surface area is 136 Å². The van der Waals surface area contributed by atoms with Crippen LogP contribution in [0.5, 0.6) is 0 Å². The van der Waals surface area contributed by atoms with Crippen LogP contribution in [0, 0.1) is 0 Å². The van der Waals surface area contributed by atoms with Crippen LogP contribution in [-0.4, -0.2) is 12.4 Å². The van der Waals surface area contributed by atoms with Gasteiger partial charge in [0.25, 0.3) is 0 Å². The van der Waals surface area contributed by atoms with E-state index in [9.17, 15) is 0 Å². The number of benzene rings is 2. The molecule has 0 saturated heterocycles. The molecule has 0 aliphatic carbocycles. The average molecular weight is 346 g/mol. The third-order valence-electron chi connectivity index (χ3n) is 2.36. The summed E-state index contributed by atoms with van der Waals surface area (Å²) in [5.41, 5.74) is 1.14. The van der Waals surface area contributed by atoms with Gasteiger partial charge in [0.15, 0.2) is 0 Å². The van der Waals surface area contributed by atoms with Crippen molar-refractivity contribution in [3.05, 3.63) is 56.5 Å². The normalized spacial score (nSPS) is 11.6. The number of nitrogens with zero attached hydrogens (tertiary/aromatic N) is 2. The van der Waals surface area contributed by atoms with Gasteiger partial charge >= 0.3 is 0 Å². The summed E-state index contributed by atoms with van der Waals surface area (Å²) in [4.78, 5) is 8.33. The molecule has 2 nitrogen and oxygen atoms in total. The lowest BCUT2D eigenvalue weighted by atomic mass is 10.3. The SMILES string of the molecule is Clc1cccc(N=CC=Nc2cccc(Cl)c2Cl)c1Cl. The zero-order chi connectivity index (χ0) is 14.5. The highest BCUT2D eigenvalue weighted by Gasteiger charge is 2.02. The largest absolute Gasteiger partial charge is 0.254 e. The van der Waals surface area contributed by atoms with Crippen LogP contribution in [0.15, 0.2) is 46.4 Å². The first-order valence-electron chi connectivity index (χ1n) is 5.54. The van der Waals surface area contributed by atoms with Crippen molar-refractivity contribution < 1.29 is 0 Å². The summed E-state index contributed by atoms with van der Waals surface area (Å²) in [7, 11) is 0. The molecule has 0 N–H and O–H groups in total. The van der Waals surface area contributed by atoms with E-state index in [1.165, 1.54) is 12.4 Å². The van der Waals surface area contributed by atoms with Crippen LogP contribution in [0.25, 0.3) is 0 Å². The predicted octanol–water partition coefficient (Wildman–Crippen LogP) is 6.41. The predicted molar refractivity (Wildman–Crippen MR) is 89.2 cm³/mol. The van der Waals surface area contributed by atoms with Gasteiger partial charge in [-0.15, -0.1) is 0 Å². The lowest BCUT2D eigenvalue weighted by Crippen LogP contribution is -1.77. The van der Waals surface area contributed by atoms with Gasteiger partial charge in [0.2, 0.25) is 0 Å². The van der Waals surface area contributed by atoms with E-state index in [4.69, 9.17) is 46.4 Å². The maximum absolute atomic E-state index is 6.01. The third kappa shape index (κ3) is 3.74. The van der Waals surface area contributed by atoms with Crippen molar-refractivity contribution in [1.29, 1.82) is 0 Å². The molecule has 0 radical (unpaired) electrons. The van der Waals surface area contributed by atoms with E-state index < -0.39 is 0 Å². The second-order valence-corrected chi connectivity index (χ2v) is 5.27. The molecule has 0 fully saturated rings. The molecular weight excluding hydrogens is 338 g/mol. The Kier molecular flexibility index (Phi) is 5.44. The first kappa shape index (κ1) is 15.3. The van der Waals surface area contributed by atoms with Crippen LogP contribution in [-0.2, 0) is 0 Å². The van der Waals surface area contributed by atoms with Crippen molar-refractivity contribution in [3.8, 4) is 0 Å². The van der Waals surface area contributed by atoms with Gasteiger partial charge in [0.1, 0.15) is 0 Å². The van der Waals surface area contributed by atoms with E-state index in [0.717, 1.165) is 0 Å². The van der Waals surface area contributed by atoms with Crippen LogP contribution in [0.4, 0.5) is 11.4 Å². The topological polar surface area (TPSA) is 24.7 Å². The number of rotatable bonds is 3. The second kappa shape index (κ2) is 7.09. The maximum atomic E-state index is 6.01. The Morgan fingerprint density at radius 1 is 0.650 bits per heavy atom. The molecule has 0 bridgehead atoms. The summed E-state index contributed by atoms with van der Waals surface area (Å²) >= 11 is 23.8. The van der Waals surface area contributed by atoms with Crippen LogP contribution in [0.1, 0.15) is 0 Å². The van der Waals surface area contributed by atoms with Crippen LogP contribution < -0.4 is 0 Å². The molecule has 0 spiro atoms. The molecule has 0 atom stereocenters. The van der Waals surface area contributed by atoms with Gasteiger partial charge in [-0.05, 0) is 24.3 Å². The van der Waals surface area contributed by atoms with E-state index in [-0.39, 0.29) is 0 Å². The molecule has 102 valence electrons. The fourth-order valence-electron chi connectivity index (χ4n) is 1.41. The van der Waals surface area contributed by atoms with Gasteiger partial charge in [0.05, 0.1) is 31.5 Å². The summed E-state index contributed by atoms with van der Waals surface area (Å²) in [6, 6.07) is 10.4. The molecular formula is C14H8Cl4N2. The quantitative estimate of drug-likeness (QED) is 0.574. The molecule has 0 heterocycles. The Balaban J connectivity index is 2.15. The first-order chi connectivity index (χ1) is 9.59. The maximum Gasteiger partial charge on any atom is 0.0848 e. The van der Waals surface area contributed by atoms with E-state index in [1.807, 2.05) is 0 Å². The summed E-state index contributed by atoms with van der Waals surface area (Å²) in [5, 5.41) is 1.71. The van der Waals surface area contributed by atoms with Crippen molar-refractivity contribution in [2.24, 2.45) is 9.98 Å². The van der Waals surface area contributed by atoms with Crippen LogP contribution in [0.3, 0.4) is 0 Å². The van der Waals surface area contributed by atoms with Gasteiger partial charge in [-0.1, -0.05) is 58.5 Å². The fourth-order valence-corrected chi connectivity index (χ4v) is 2.10. The lowest BCUT2D eigenvalue weighted by molar-refractivity contribution is 1.53. The van der Waals surface area contributed by atoms with Gasteiger partial charge in [-0.3, -0.25) is 9.98 Å². The molecule has 20 heavy (non-hydrogen) atoms. The summed E-state index contributed by atoms with van der Waals surface area (Å²) in [6.07, 6.45) is 3.02. The molecule has 0 aliphatic heterocycles. The van der Waals surface area contributed by atoms with Crippen LogP contribution in [0.2, 0.25) is 20.1 Å². The second-order valence-electron chi connectivity index (χ2n) is 3.70. The summed E-state index contributed by atoms with van der Waals surface area (Å²) < 4.78 is 0. The lowest BCUT2D eigenvalue weighted by Gasteiger charge is -1.99. The molecule has 0 saturated carbocycles. The zero-order valence-electron chi connectivity index (χ0n) is 10.0. The molecule has 6 heteroatoms. The Morgan fingerprint density at radius 3 is 1.45 bits per heavy atom. The van der Waals surface area contributed by atoms with Gasteiger partial charge in [0, 0.05) is 12.4 Å². The minimum absolute atomic E-state index is 0.402. The van der Waals surface area contributed by atoms with Gasteiger partial charge in [-0.25, -0.2) is 0 Å². The number of hydrogen-bond acceptors (Lipinski definition) is 2. The molecule has 0 amide bonds. The fraction of sp³-hybridized carbons (Fsp3) is 0. The van der Waals surface area contributed by atoms with Crippen molar-refractivity contribution in [2.45, 2.75) is 0 Å². The summed E-state index contributed by atoms with van der Waals surface area (Å²) in [6.45, 7) is 0. The minimum atomic E-state index is 0.402. The Hall–Kier alpha value is -1.06. The molecule has 2 rings (SSSR count). The van der Waals surface area contributed by atoms with Gasteiger partial charge < -0.3 is 0 Å². The average Bonchev–Trinajstić information content (AvgIpc) is 2.43. The van der Waals surface area contributed by atoms with Crippen molar-refractivity contribution in [3.63, 3.8) is 0 Å². The van der Waals surface area contributed by atoms with E-state index in [2.05, 4.69) is 9.98 Å². The van der Waals surface area contributed by atoms with Crippen molar-refractivity contribution >= 4 is 70.2 Å². The highest BCUT2D eigenvalue weighted by atomic mass is 35.5. The minimum Gasteiger partial charge on any atom is -0.254 e. The molecule has 2 aromatic carbocycles. The summed E-state index contributed by atoms with van der Waals surface area (Å²) in [5.74, 6) is 0. The molecule has 0 unspecified atom stereocenters. The zero-order valence-corrected chi connectivity index (χ0v) is 13.0. The molecule has 0 aliphatic rings. The van der Waals surface area contributed by atoms with Crippen molar-refractivity contribution in [1.82, 2.24) is 0 Å². The van der Waals surface area contributed by atoms with Gasteiger partial charge in [-0.2, -0.15) is 0 Å². The Bertz CT molecular complexity index is 621. The Morgan fingerprint density at radius 2 is 1.05 bits per heavy atom.